The summed E-state index contributed by atoms with van der Waals surface area (Å²) in [5.74, 6) is 3.41. The number of halogens is 3. The number of aryl methyl sites for hydroxylation is 1. The predicted octanol–water partition coefficient (Wildman–Crippen LogP) is 7.08. The summed E-state index contributed by atoms with van der Waals surface area (Å²) in [6.45, 7) is 9.80. The molecule has 41 heavy (non-hydrogen) atoms. The first-order valence-electron chi connectivity index (χ1n) is 14.9. The molecular formula is C32H43F3N6. The number of likely N-dealkylation sites (tertiary alicyclic amines) is 1. The van der Waals surface area contributed by atoms with Crippen LogP contribution >= 0.6 is 0 Å². The molecule has 1 aromatic carbocycles. The molecule has 9 heteroatoms. The lowest BCUT2D eigenvalue weighted by atomic mass is 9.87. The van der Waals surface area contributed by atoms with Gasteiger partial charge in [0.2, 0.25) is 0 Å². The van der Waals surface area contributed by atoms with Crippen LogP contribution in [0, 0.1) is 17.9 Å². The molecule has 2 aliphatic heterocycles. The first-order valence-corrected chi connectivity index (χ1v) is 14.9. The number of alkyl halides is 3. The molecule has 2 aromatic heterocycles. The Hall–Kier alpha value is -3.38. The fourth-order valence-corrected chi connectivity index (χ4v) is 5.86. The Morgan fingerprint density at radius 3 is 2.66 bits per heavy atom. The number of rotatable bonds is 1. The van der Waals surface area contributed by atoms with Gasteiger partial charge in [-0.1, -0.05) is 52.2 Å². The molecule has 1 saturated heterocycles. The van der Waals surface area contributed by atoms with Crippen LogP contribution in [0.3, 0.4) is 0 Å². The number of hydrogen-bond acceptors (Lipinski definition) is 4. The highest BCUT2D eigenvalue weighted by atomic mass is 19.4. The van der Waals surface area contributed by atoms with E-state index in [-0.39, 0.29) is 6.04 Å². The smallest absolute Gasteiger partial charge is 0.381 e. The molecular weight excluding hydrogens is 525 g/mol. The van der Waals surface area contributed by atoms with Gasteiger partial charge in [0.1, 0.15) is 6.54 Å². The highest BCUT2D eigenvalue weighted by molar-refractivity contribution is 5.94. The SMILES string of the molecule is C=C1NC#Cc2cc3c(cccc3n2CC(F)(F)F)NC2CCN(C)CC2CCCCCCCn2cc1cn2.CC. The van der Waals surface area contributed by atoms with Crippen LogP contribution in [0.1, 0.15) is 70.1 Å². The first kappa shape index (κ1) is 30.6. The maximum atomic E-state index is 13.6. The number of piperidine rings is 1. The van der Waals surface area contributed by atoms with Gasteiger partial charge in [0, 0.05) is 53.7 Å². The summed E-state index contributed by atoms with van der Waals surface area (Å²) in [6.07, 6.45) is 7.26. The van der Waals surface area contributed by atoms with E-state index >= 15 is 0 Å². The second-order valence-electron chi connectivity index (χ2n) is 10.9. The largest absolute Gasteiger partial charge is 0.406 e. The molecule has 3 aromatic rings. The van der Waals surface area contributed by atoms with Gasteiger partial charge in [-0.25, -0.2) is 0 Å². The van der Waals surface area contributed by atoms with E-state index in [1.165, 1.54) is 30.3 Å². The van der Waals surface area contributed by atoms with Crippen LogP contribution in [0.2, 0.25) is 0 Å². The Morgan fingerprint density at radius 1 is 1.07 bits per heavy atom. The van der Waals surface area contributed by atoms with E-state index in [1.807, 2.05) is 36.9 Å². The minimum Gasteiger partial charge on any atom is -0.381 e. The van der Waals surface area contributed by atoms with Gasteiger partial charge in [0.05, 0.1) is 17.4 Å². The molecule has 2 atom stereocenters. The van der Waals surface area contributed by atoms with E-state index in [9.17, 15) is 13.2 Å². The zero-order valence-corrected chi connectivity index (χ0v) is 24.5. The molecule has 5 rings (SSSR count). The van der Waals surface area contributed by atoms with Crippen LogP contribution in [-0.2, 0) is 13.1 Å². The fraction of sp³-hybridized carbons (Fsp3) is 0.531. The van der Waals surface area contributed by atoms with Crippen molar-refractivity contribution in [3.05, 3.63) is 54.5 Å². The normalized spacial score (nSPS) is 20.9. The molecule has 0 spiro atoms. The number of aromatic nitrogens is 3. The molecule has 0 aliphatic carbocycles. The summed E-state index contributed by atoms with van der Waals surface area (Å²) < 4.78 is 44.0. The lowest BCUT2D eigenvalue weighted by molar-refractivity contribution is -0.140. The van der Waals surface area contributed by atoms with Crippen LogP contribution in [0.5, 0.6) is 0 Å². The number of benzene rings is 1. The third-order valence-corrected chi connectivity index (χ3v) is 7.91. The van der Waals surface area contributed by atoms with E-state index in [4.69, 9.17) is 0 Å². The van der Waals surface area contributed by atoms with Gasteiger partial charge in [-0.2, -0.15) is 18.3 Å². The summed E-state index contributed by atoms with van der Waals surface area (Å²) in [6, 6.07) is 10.4. The van der Waals surface area contributed by atoms with Gasteiger partial charge in [-0.05, 0) is 62.9 Å². The molecule has 0 radical (unpaired) electrons. The van der Waals surface area contributed by atoms with Crippen molar-refractivity contribution in [2.24, 2.45) is 5.92 Å². The summed E-state index contributed by atoms with van der Waals surface area (Å²) in [4.78, 5) is 2.39. The second-order valence-corrected chi connectivity index (χ2v) is 10.9. The van der Waals surface area contributed by atoms with Crippen molar-refractivity contribution < 1.29 is 13.2 Å². The molecule has 2 unspecified atom stereocenters. The van der Waals surface area contributed by atoms with Crippen LogP contribution in [0.15, 0.2) is 43.2 Å². The quantitative estimate of drug-likeness (QED) is 0.308. The van der Waals surface area contributed by atoms with Crippen LogP contribution in [0.4, 0.5) is 18.9 Å². The Kier molecular flexibility index (Phi) is 10.4. The summed E-state index contributed by atoms with van der Waals surface area (Å²) in [5.41, 5.74) is 3.07. The van der Waals surface area contributed by atoms with Crippen LogP contribution < -0.4 is 10.6 Å². The van der Waals surface area contributed by atoms with E-state index in [0.29, 0.717) is 22.8 Å². The molecule has 6 nitrogen and oxygen atoms in total. The predicted molar refractivity (Wildman–Crippen MR) is 161 cm³/mol. The Labute approximate surface area is 242 Å². The Bertz CT molecular complexity index is 1360. The van der Waals surface area contributed by atoms with Crippen molar-refractivity contribution in [1.29, 1.82) is 0 Å². The van der Waals surface area contributed by atoms with Crippen molar-refractivity contribution in [2.75, 3.05) is 25.5 Å². The summed E-state index contributed by atoms with van der Waals surface area (Å²) in [7, 11) is 2.17. The molecule has 1 fully saturated rings. The zero-order valence-electron chi connectivity index (χ0n) is 24.5. The minimum atomic E-state index is -4.37. The number of nitrogens with one attached hydrogen (secondary N) is 2. The van der Waals surface area contributed by atoms with Crippen molar-refractivity contribution in [3.63, 3.8) is 0 Å². The van der Waals surface area contributed by atoms with Gasteiger partial charge < -0.3 is 20.1 Å². The van der Waals surface area contributed by atoms with E-state index in [0.717, 1.165) is 55.5 Å². The average Bonchev–Trinajstić information content (AvgIpc) is 3.55. The average molecular weight is 569 g/mol. The summed E-state index contributed by atoms with van der Waals surface area (Å²) in [5, 5.41) is 11.9. The van der Waals surface area contributed by atoms with Crippen molar-refractivity contribution in [3.8, 4) is 12.0 Å². The van der Waals surface area contributed by atoms with Crippen molar-refractivity contribution in [2.45, 2.75) is 84.1 Å². The van der Waals surface area contributed by atoms with Crippen LogP contribution in [0.25, 0.3) is 16.6 Å². The zero-order chi connectivity index (χ0) is 29.4. The second kappa shape index (κ2) is 14.0. The number of nitrogens with zero attached hydrogens (tertiary/aromatic N) is 4. The third-order valence-electron chi connectivity index (χ3n) is 7.91. The van der Waals surface area contributed by atoms with Crippen LogP contribution in [-0.4, -0.2) is 51.6 Å². The molecule has 0 saturated carbocycles. The molecule has 2 N–H and O–H groups in total. The number of hydrogen-bond donors (Lipinski definition) is 2. The molecule has 0 amide bonds. The minimum absolute atomic E-state index is 0.278. The Balaban J connectivity index is 0.00000189. The lowest BCUT2D eigenvalue weighted by Crippen LogP contribution is -2.44. The summed E-state index contributed by atoms with van der Waals surface area (Å²) >= 11 is 0. The van der Waals surface area contributed by atoms with Crippen molar-refractivity contribution in [1.82, 2.24) is 24.6 Å². The van der Waals surface area contributed by atoms with Gasteiger partial charge in [0.25, 0.3) is 0 Å². The Morgan fingerprint density at radius 2 is 1.85 bits per heavy atom. The number of anilines is 1. The van der Waals surface area contributed by atoms with Crippen molar-refractivity contribution >= 4 is 22.3 Å². The van der Waals surface area contributed by atoms with E-state index in [2.05, 4.69) is 46.2 Å². The third kappa shape index (κ3) is 8.10. The molecule has 2 aliphatic rings. The van der Waals surface area contributed by atoms with Gasteiger partial charge in [-0.15, -0.1) is 0 Å². The topological polar surface area (TPSA) is 50.1 Å². The van der Waals surface area contributed by atoms with Gasteiger partial charge in [0.15, 0.2) is 0 Å². The standard InChI is InChI=1S/C30H37F3N6.C2H6/c1-22-24-18-35-38(20-24)15-7-5-3-4-6-9-23-19-37(2)16-13-27(23)36-28-10-8-11-29-26(28)17-25(12-14-34-22)39(29)21-30(31,32)33;1-2/h8,10-11,17-18,20,23,27,34,36H,1,3-7,9,13,15-16,19,21H2,2H3;1-2H3. The molecule has 4 bridgehead atoms. The highest BCUT2D eigenvalue weighted by Gasteiger charge is 2.31. The van der Waals surface area contributed by atoms with Gasteiger partial charge >= 0.3 is 6.18 Å². The maximum Gasteiger partial charge on any atom is 0.406 e. The monoisotopic (exact) mass is 568 g/mol. The number of fused-ring (bicyclic) bond motifs is 4. The fourth-order valence-electron chi connectivity index (χ4n) is 5.86. The molecule has 4 heterocycles. The lowest BCUT2D eigenvalue weighted by Gasteiger charge is -2.38. The van der Waals surface area contributed by atoms with Gasteiger partial charge in [-0.3, -0.25) is 4.68 Å². The molecule has 222 valence electrons. The highest BCUT2D eigenvalue weighted by Crippen LogP contribution is 2.33. The maximum absolute atomic E-state index is 13.6. The first-order chi connectivity index (χ1) is 19.8. The van der Waals surface area contributed by atoms with E-state index < -0.39 is 12.7 Å². The van der Waals surface area contributed by atoms with E-state index in [1.54, 1.807) is 18.3 Å².